The average Bonchev–Trinajstić information content (AvgIpc) is 3.45. The van der Waals surface area contributed by atoms with E-state index in [4.69, 9.17) is 16.6 Å². The van der Waals surface area contributed by atoms with Crippen molar-refractivity contribution in [2.45, 2.75) is 31.5 Å². The lowest BCUT2D eigenvalue weighted by Crippen LogP contribution is -2.36. The Hall–Kier alpha value is -2.31. The second-order valence-electron chi connectivity index (χ2n) is 7.24. The third-order valence-electron chi connectivity index (χ3n) is 5.59. The maximum Gasteiger partial charge on any atom is 0.160 e. The molecule has 2 aromatic heterocycles. The summed E-state index contributed by atoms with van der Waals surface area (Å²) >= 11 is 7.89. The molecule has 3 atom stereocenters. The Labute approximate surface area is 178 Å². The summed E-state index contributed by atoms with van der Waals surface area (Å²) in [7, 11) is 0. The first-order valence-corrected chi connectivity index (χ1v) is 11.1. The van der Waals surface area contributed by atoms with Gasteiger partial charge in [0.1, 0.15) is 17.9 Å². The molecule has 1 aromatic carbocycles. The van der Waals surface area contributed by atoms with Gasteiger partial charge in [-0.25, -0.2) is 4.39 Å². The van der Waals surface area contributed by atoms with Crippen LogP contribution in [0.5, 0.6) is 0 Å². The highest BCUT2D eigenvalue weighted by Gasteiger charge is 2.46. The van der Waals surface area contributed by atoms with Gasteiger partial charge in [0, 0.05) is 35.6 Å². The van der Waals surface area contributed by atoms with Crippen LogP contribution in [0.15, 0.2) is 65.9 Å². The fraction of sp³-hybridized carbons (Fsp3) is 0.273. The largest absolute Gasteiger partial charge is 0.337 e. The van der Waals surface area contributed by atoms with E-state index in [1.165, 1.54) is 6.07 Å². The van der Waals surface area contributed by atoms with E-state index in [1.54, 1.807) is 12.1 Å². The smallest absolute Gasteiger partial charge is 0.160 e. The van der Waals surface area contributed by atoms with Crippen LogP contribution in [0.4, 0.5) is 4.39 Å². The van der Waals surface area contributed by atoms with Crippen molar-refractivity contribution in [3.05, 3.63) is 83.2 Å². The van der Waals surface area contributed by atoms with E-state index in [2.05, 4.69) is 27.4 Å². The van der Waals surface area contributed by atoms with Crippen LogP contribution in [0.2, 0.25) is 5.02 Å². The van der Waals surface area contributed by atoms with Crippen LogP contribution < -0.4 is 0 Å². The molecule has 148 valence electrons. The second-order valence-corrected chi connectivity index (χ2v) is 8.63. The molecule has 0 amide bonds. The standard InChI is InChI=1S/C22H20ClFN4S/c1-2-14-13-29-22-26-20(18-6-3-4-10-25-18)21(28(14)22)19-7-5-11-27(19)15-8-9-17(24)16(23)12-15/h3-12,14,20-21H,2,13H2,1H3/t14-,20+,21-/m1/s1. The maximum atomic E-state index is 13.7. The number of thioether (sulfide) groups is 1. The average molecular weight is 427 g/mol. The SMILES string of the molecule is CC[C@@H]1CSC2=N[C@@H](c3ccccn3)[C@@H](c3cccn3-c3ccc(F)c(Cl)c3)N21. The quantitative estimate of drug-likeness (QED) is 0.541. The number of hydrogen-bond acceptors (Lipinski definition) is 4. The molecule has 2 aliphatic heterocycles. The van der Waals surface area contributed by atoms with E-state index < -0.39 is 5.82 Å². The van der Waals surface area contributed by atoms with Gasteiger partial charge in [0.05, 0.1) is 10.7 Å². The summed E-state index contributed by atoms with van der Waals surface area (Å²) < 4.78 is 15.8. The van der Waals surface area contributed by atoms with Crippen molar-refractivity contribution in [2.75, 3.05) is 5.75 Å². The van der Waals surface area contributed by atoms with Crippen LogP contribution in [-0.4, -0.2) is 31.4 Å². The highest BCUT2D eigenvalue weighted by atomic mass is 35.5. The number of halogens is 2. The molecule has 0 N–H and O–H groups in total. The third-order valence-corrected chi connectivity index (χ3v) is 7.01. The zero-order valence-corrected chi connectivity index (χ0v) is 17.4. The van der Waals surface area contributed by atoms with Crippen molar-refractivity contribution in [3.63, 3.8) is 0 Å². The van der Waals surface area contributed by atoms with Gasteiger partial charge in [0.25, 0.3) is 0 Å². The minimum atomic E-state index is -0.413. The van der Waals surface area contributed by atoms with Crippen molar-refractivity contribution < 1.29 is 4.39 Å². The number of benzene rings is 1. The predicted octanol–water partition coefficient (Wildman–Crippen LogP) is 5.64. The Morgan fingerprint density at radius 3 is 2.86 bits per heavy atom. The van der Waals surface area contributed by atoms with Gasteiger partial charge in [-0.1, -0.05) is 36.4 Å². The number of nitrogens with zero attached hydrogens (tertiary/aromatic N) is 4. The van der Waals surface area contributed by atoms with E-state index >= 15 is 0 Å². The number of fused-ring (bicyclic) bond motifs is 1. The van der Waals surface area contributed by atoms with Gasteiger partial charge in [-0.15, -0.1) is 0 Å². The van der Waals surface area contributed by atoms with Gasteiger partial charge in [0.15, 0.2) is 5.17 Å². The highest BCUT2D eigenvalue weighted by Crippen LogP contribution is 2.48. The van der Waals surface area contributed by atoms with Gasteiger partial charge in [-0.2, -0.15) is 0 Å². The number of pyridine rings is 1. The van der Waals surface area contributed by atoms with E-state index in [0.717, 1.165) is 34.4 Å². The number of aliphatic imine (C=N–C) groups is 1. The Bertz CT molecular complexity index is 1070. The minimum absolute atomic E-state index is 0.0266. The zero-order chi connectivity index (χ0) is 20.0. The molecule has 4 nitrogen and oxygen atoms in total. The van der Waals surface area contributed by atoms with E-state index in [0.29, 0.717) is 6.04 Å². The van der Waals surface area contributed by atoms with Crippen LogP contribution in [0.1, 0.15) is 36.8 Å². The summed E-state index contributed by atoms with van der Waals surface area (Å²) in [5, 5.41) is 1.21. The molecule has 1 fully saturated rings. The van der Waals surface area contributed by atoms with E-state index in [9.17, 15) is 4.39 Å². The molecule has 5 rings (SSSR count). The minimum Gasteiger partial charge on any atom is -0.337 e. The molecule has 0 spiro atoms. The predicted molar refractivity (Wildman–Crippen MR) is 116 cm³/mol. The maximum absolute atomic E-state index is 13.7. The van der Waals surface area contributed by atoms with Gasteiger partial charge in [-0.05, 0) is 48.9 Å². The Kier molecular flexibility index (Phi) is 4.84. The topological polar surface area (TPSA) is 33.4 Å². The summed E-state index contributed by atoms with van der Waals surface area (Å²) in [6.45, 7) is 2.22. The van der Waals surface area contributed by atoms with Gasteiger partial charge >= 0.3 is 0 Å². The van der Waals surface area contributed by atoms with Crippen LogP contribution in [-0.2, 0) is 0 Å². The first-order chi connectivity index (χ1) is 14.2. The fourth-order valence-corrected chi connectivity index (χ4v) is 5.69. The molecule has 0 aliphatic carbocycles. The molecule has 0 bridgehead atoms. The molecule has 29 heavy (non-hydrogen) atoms. The summed E-state index contributed by atoms with van der Waals surface area (Å²) in [5.74, 6) is 0.632. The van der Waals surface area contributed by atoms with E-state index in [1.807, 2.05) is 48.4 Å². The van der Waals surface area contributed by atoms with Crippen molar-refractivity contribution in [1.82, 2.24) is 14.5 Å². The molecule has 1 saturated heterocycles. The molecule has 0 radical (unpaired) electrons. The third kappa shape index (κ3) is 3.15. The van der Waals surface area contributed by atoms with Crippen LogP contribution >= 0.6 is 23.4 Å². The van der Waals surface area contributed by atoms with Crippen molar-refractivity contribution in [1.29, 1.82) is 0 Å². The first-order valence-electron chi connectivity index (χ1n) is 9.70. The van der Waals surface area contributed by atoms with Crippen LogP contribution in [0.3, 0.4) is 0 Å². The van der Waals surface area contributed by atoms with Crippen molar-refractivity contribution in [2.24, 2.45) is 4.99 Å². The number of rotatable bonds is 4. The Balaban J connectivity index is 1.63. The highest BCUT2D eigenvalue weighted by molar-refractivity contribution is 8.14. The summed E-state index contributed by atoms with van der Waals surface area (Å²) in [5.41, 5.74) is 2.90. The number of amidine groups is 1. The van der Waals surface area contributed by atoms with Crippen molar-refractivity contribution in [3.8, 4) is 5.69 Å². The van der Waals surface area contributed by atoms with Gasteiger partial charge in [-0.3, -0.25) is 9.98 Å². The molecular weight excluding hydrogens is 407 g/mol. The normalized spacial score (nSPS) is 23.3. The van der Waals surface area contributed by atoms with Crippen LogP contribution in [0, 0.1) is 5.82 Å². The lowest BCUT2D eigenvalue weighted by Gasteiger charge is -2.32. The zero-order valence-electron chi connectivity index (χ0n) is 15.9. The molecule has 4 heterocycles. The fourth-order valence-electron chi connectivity index (χ4n) is 4.18. The Morgan fingerprint density at radius 2 is 2.10 bits per heavy atom. The molecule has 0 saturated carbocycles. The Morgan fingerprint density at radius 1 is 1.21 bits per heavy atom. The lowest BCUT2D eigenvalue weighted by molar-refractivity contribution is 0.249. The second kappa shape index (κ2) is 7.50. The molecule has 0 unspecified atom stereocenters. The summed E-state index contributed by atoms with van der Waals surface area (Å²) in [4.78, 5) is 12.1. The van der Waals surface area contributed by atoms with Crippen LogP contribution in [0.25, 0.3) is 5.69 Å². The molecular formula is C22H20ClFN4S. The van der Waals surface area contributed by atoms with Gasteiger partial charge in [0.2, 0.25) is 0 Å². The molecule has 7 heteroatoms. The lowest BCUT2D eigenvalue weighted by atomic mass is 9.99. The van der Waals surface area contributed by atoms with E-state index in [-0.39, 0.29) is 17.1 Å². The summed E-state index contributed by atoms with van der Waals surface area (Å²) in [6, 6.07) is 15.3. The summed E-state index contributed by atoms with van der Waals surface area (Å²) in [6.07, 6.45) is 4.87. The molecule has 3 aromatic rings. The molecule has 2 aliphatic rings. The van der Waals surface area contributed by atoms with Gasteiger partial charge < -0.3 is 9.47 Å². The monoisotopic (exact) mass is 426 g/mol. The number of aromatic nitrogens is 2. The first kappa shape index (κ1) is 18.7. The van der Waals surface area contributed by atoms with Crippen molar-refractivity contribution >= 4 is 28.5 Å². The number of hydrogen-bond donors (Lipinski definition) is 0.